The van der Waals surface area contributed by atoms with Crippen molar-refractivity contribution in [2.75, 3.05) is 0 Å². The number of pyridine rings is 3. The average Bonchev–Trinajstić information content (AvgIpc) is 2.85. The van der Waals surface area contributed by atoms with E-state index in [2.05, 4.69) is 72.8 Å². The summed E-state index contributed by atoms with van der Waals surface area (Å²) in [6.07, 6.45) is 1.84. The maximum absolute atomic E-state index is 5.07. The predicted octanol–water partition coefficient (Wildman–Crippen LogP) is 7.30. The Kier molecular flexibility index (Phi) is 3.55. The molecule has 0 aliphatic heterocycles. The van der Waals surface area contributed by atoms with Gasteiger partial charge < -0.3 is 0 Å². The summed E-state index contributed by atoms with van der Waals surface area (Å²) in [5.74, 6) is 0. The van der Waals surface area contributed by atoms with Gasteiger partial charge in [-0.15, -0.1) is 0 Å². The van der Waals surface area contributed by atoms with E-state index < -0.39 is 0 Å². The van der Waals surface area contributed by atoms with Crippen LogP contribution >= 0.6 is 0 Å². The van der Waals surface area contributed by atoms with Gasteiger partial charge in [0.25, 0.3) is 0 Å². The van der Waals surface area contributed by atoms with Crippen molar-refractivity contribution in [2.24, 2.45) is 0 Å². The zero-order valence-corrected chi connectivity index (χ0v) is 17.2. The van der Waals surface area contributed by atoms with E-state index in [9.17, 15) is 0 Å². The molecule has 3 aromatic heterocycles. The lowest BCUT2D eigenvalue weighted by molar-refractivity contribution is 1.38. The minimum Gasteiger partial charge on any atom is -0.254 e. The molecule has 0 aliphatic rings. The first-order chi connectivity index (χ1) is 15.8. The quantitative estimate of drug-likeness (QED) is 0.212. The Morgan fingerprint density at radius 1 is 0.469 bits per heavy atom. The standard InChI is InChI=1S/C29H17N3/c1-2-7-19-17-27-21(14-18(19)6-1)11-12-26(31-27)24-16-22-15-20-8-3-4-10-25(20)32-28(22)29-23(24)9-5-13-30-29/h1-17H. The second-order valence-electron chi connectivity index (χ2n) is 8.17. The van der Waals surface area contributed by atoms with Crippen molar-refractivity contribution >= 4 is 54.4 Å². The van der Waals surface area contributed by atoms with Gasteiger partial charge in [-0.25, -0.2) is 9.97 Å². The van der Waals surface area contributed by atoms with Crippen molar-refractivity contribution in [1.82, 2.24) is 15.0 Å². The fraction of sp³-hybridized carbons (Fsp3) is 0. The molecule has 0 unspecified atom stereocenters. The molecule has 32 heavy (non-hydrogen) atoms. The molecular formula is C29H17N3. The normalized spacial score (nSPS) is 11.8. The minimum atomic E-state index is 0.908. The van der Waals surface area contributed by atoms with Gasteiger partial charge in [-0.1, -0.05) is 54.6 Å². The van der Waals surface area contributed by atoms with Gasteiger partial charge in [0.2, 0.25) is 0 Å². The Labute approximate surface area is 184 Å². The van der Waals surface area contributed by atoms with Gasteiger partial charge in [0.1, 0.15) is 0 Å². The highest BCUT2D eigenvalue weighted by atomic mass is 14.8. The molecule has 0 aliphatic carbocycles. The number of hydrogen-bond acceptors (Lipinski definition) is 3. The van der Waals surface area contributed by atoms with Gasteiger partial charge in [0.05, 0.1) is 27.8 Å². The maximum atomic E-state index is 5.07. The lowest BCUT2D eigenvalue weighted by atomic mass is 9.99. The molecular weight excluding hydrogens is 390 g/mol. The first kappa shape index (κ1) is 17.3. The molecule has 0 fully saturated rings. The monoisotopic (exact) mass is 407 g/mol. The van der Waals surface area contributed by atoms with Crippen LogP contribution in [0.3, 0.4) is 0 Å². The number of rotatable bonds is 1. The summed E-state index contributed by atoms with van der Waals surface area (Å²) < 4.78 is 0. The van der Waals surface area contributed by atoms with E-state index in [4.69, 9.17) is 15.0 Å². The van der Waals surface area contributed by atoms with Gasteiger partial charge in [-0.2, -0.15) is 0 Å². The molecule has 0 bridgehead atoms. The van der Waals surface area contributed by atoms with Crippen molar-refractivity contribution in [3.05, 3.63) is 103 Å². The van der Waals surface area contributed by atoms with Crippen LogP contribution in [0.2, 0.25) is 0 Å². The Hall–Kier alpha value is -4.37. The molecule has 7 aromatic rings. The molecule has 0 spiro atoms. The highest BCUT2D eigenvalue weighted by molar-refractivity contribution is 6.12. The van der Waals surface area contributed by atoms with Crippen LogP contribution in [0.5, 0.6) is 0 Å². The van der Waals surface area contributed by atoms with Gasteiger partial charge in [-0.05, 0) is 53.2 Å². The number of nitrogens with zero attached hydrogens (tertiary/aromatic N) is 3. The first-order valence-corrected chi connectivity index (χ1v) is 10.7. The summed E-state index contributed by atoms with van der Waals surface area (Å²) in [6, 6.07) is 33.8. The topological polar surface area (TPSA) is 38.7 Å². The largest absolute Gasteiger partial charge is 0.254 e. The van der Waals surface area contributed by atoms with E-state index in [-0.39, 0.29) is 0 Å². The van der Waals surface area contributed by atoms with Crippen LogP contribution in [0, 0.1) is 0 Å². The molecule has 3 nitrogen and oxygen atoms in total. The van der Waals surface area contributed by atoms with Gasteiger partial charge in [-0.3, -0.25) is 4.98 Å². The summed E-state index contributed by atoms with van der Waals surface area (Å²) in [5, 5.41) is 6.83. The Morgan fingerprint density at radius 3 is 2.12 bits per heavy atom. The van der Waals surface area contributed by atoms with Gasteiger partial charge in [0.15, 0.2) is 0 Å². The molecule has 0 saturated heterocycles. The number of aromatic nitrogens is 3. The van der Waals surface area contributed by atoms with E-state index in [0.29, 0.717) is 0 Å². The predicted molar refractivity (Wildman–Crippen MR) is 133 cm³/mol. The SMILES string of the molecule is c1ccc2cc3nc(-c4cc5cc6ccccc6nc5c5ncccc45)ccc3cc2c1. The molecule has 0 atom stereocenters. The molecule has 4 aromatic carbocycles. The van der Waals surface area contributed by atoms with Crippen LogP contribution in [0.4, 0.5) is 0 Å². The maximum Gasteiger partial charge on any atom is 0.0972 e. The molecule has 0 radical (unpaired) electrons. The second kappa shape index (κ2) is 6.56. The van der Waals surface area contributed by atoms with Crippen molar-refractivity contribution in [3.8, 4) is 11.3 Å². The summed E-state index contributed by atoms with van der Waals surface area (Å²) in [6.45, 7) is 0. The number of hydrogen-bond donors (Lipinski definition) is 0. The zero-order valence-electron chi connectivity index (χ0n) is 17.2. The third kappa shape index (κ3) is 2.58. The Morgan fingerprint density at radius 2 is 1.22 bits per heavy atom. The van der Waals surface area contributed by atoms with E-state index in [1.54, 1.807) is 0 Å². The minimum absolute atomic E-state index is 0.908. The van der Waals surface area contributed by atoms with Crippen LogP contribution < -0.4 is 0 Å². The van der Waals surface area contributed by atoms with Crippen LogP contribution in [0.25, 0.3) is 65.6 Å². The average molecular weight is 407 g/mol. The van der Waals surface area contributed by atoms with Crippen molar-refractivity contribution in [3.63, 3.8) is 0 Å². The molecule has 0 saturated carbocycles. The molecule has 0 N–H and O–H groups in total. The van der Waals surface area contributed by atoms with Crippen molar-refractivity contribution < 1.29 is 0 Å². The lowest BCUT2D eigenvalue weighted by Crippen LogP contribution is -1.92. The number of benzene rings is 4. The van der Waals surface area contributed by atoms with Crippen LogP contribution in [0.15, 0.2) is 103 Å². The molecule has 7 rings (SSSR count). The molecule has 3 heterocycles. The van der Waals surface area contributed by atoms with E-state index in [1.165, 1.54) is 10.8 Å². The second-order valence-corrected chi connectivity index (χ2v) is 8.17. The zero-order chi connectivity index (χ0) is 21.1. The number of fused-ring (bicyclic) bond motifs is 6. The van der Waals surface area contributed by atoms with E-state index >= 15 is 0 Å². The third-order valence-corrected chi connectivity index (χ3v) is 6.21. The van der Waals surface area contributed by atoms with Crippen molar-refractivity contribution in [2.45, 2.75) is 0 Å². The van der Waals surface area contributed by atoms with Crippen LogP contribution in [0.1, 0.15) is 0 Å². The molecule has 3 heteroatoms. The smallest absolute Gasteiger partial charge is 0.0972 e. The van der Waals surface area contributed by atoms with Crippen LogP contribution in [-0.2, 0) is 0 Å². The molecule has 0 amide bonds. The third-order valence-electron chi connectivity index (χ3n) is 6.21. The highest BCUT2D eigenvalue weighted by Gasteiger charge is 2.13. The number of para-hydroxylation sites is 1. The lowest BCUT2D eigenvalue weighted by Gasteiger charge is -2.11. The summed E-state index contributed by atoms with van der Waals surface area (Å²) in [5.41, 5.74) is 5.83. The first-order valence-electron chi connectivity index (χ1n) is 10.7. The van der Waals surface area contributed by atoms with E-state index in [0.717, 1.165) is 54.9 Å². The summed E-state index contributed by atoms with van der Waals surface area (Å²) in [7, 11) is 0. The van der Waals surface area contributed by atoms with Crippen molar-refractivity contribution in [1.29, 1.82) is 0 Å². The summed E-state index contributed by atoms with van der Waals surface area (Å²) in [4.78, 5) is 14.7. The van der Waals surface area contributed by atoms with E-state index in [1.807, 2.05) is 30.5 Å². The molecule has 148 valence electrons. The highest BCUT2D eigenvalue weighted by Crippen LogP contribution is 2.34. The van der Waals surface area contributed by atoms with Gasteiger partial charge >= 0.3 is 0 Å². The summed E-state index contributed by atoms with van der Waals surface area (Å²) >= 11 is 0. The fourth-order valence-corrected chi connectivity index (χ4v) is 4.65. The Balaban J connectivity index is 1.55. The fourth-order valence-electron chi connectivity index (χ4n) is 4.65. The Bertz CT molecular complexity index is 1840. The van der Waals surface area contributed by atoms with Crippen LogP contribution in [-0.4, -0.2) is 15.0 Å². The van der Waals surface area contributed by atoms with Gasteiger partial charge in [0, 0.05) is 33.3 Å².